The zero-order valence-corrected chi connectivity index (χ0v) is 18.4. The Labute approximate surface area is 191 Å². The Bertz CT molecular complexity index is 1160. The van der Waals surface area contributed by atoms with Crippen LogP contribution in [0.1, 0.15) is 52.2 Å². The third kappa shape index (κ3) is 5.23. The highest BCUT2D eigenvalue weighted by molar-refractivity contribution is 6.04. The molecule has 3 aromatic rings. The fourth-order valence-corrected chi connectivity index (χ4v) is 4.06. The lowest BCUT2D eigenvalue weighted by atomic mass is 10.1. The number of benzene rings is 2. The van der Waals surface area contributed by atoms with E-state index in [1.807, 2.05) is 12.1 Å². The van der Waals surface area contributed by atoms with Crippen molar-refractivity contribution in [2.45, 2.75) is 38.3 Å². The number of hydrogen-bond acceptors (Lipinski definition) is 6. The number of para-hydroxylation sites is 2. The largest absolute Gasteiger partial charge is 0.450 e. The summed E-state index contributed by atoms with van der Waals surface area (Å²) in [6.45, 7) is -0.363. The van der Waals surface area contributed by atoms with E-state index in [-0.39, 0.29) is 24.3 Å². The lowest BCUT2D eigenvalue weighted by Gasteiger charge is -2.15. The van der Waals surface area contributed by atoms with E-state index in [1.165, 1.54) is 7.11 Å². The first-order valence-corrected chi connectivity index (χ1v) is 10.9. The van der Waals surface area contributed by atoms with Crippen molar-refractivity contribution < 1.29 is 28.3 Å². The molecular formula is C25H26N2O6. The highest BCUT2D eigenvalue weighted by atomic mass is 16.5. The van der Waals surface area contributed by atoms with E-state index in [0.29, 0.717) is 22.4 Å². The van der Waals surface area contributed by atoms with Gasteiger partial charge in [-0.15, -0.1) is 0 Å². The maximum Gasteiger partial charge on any atom is 0.375 e. The number of fused-ring (bicyclic) bond motifs is 1. The van der Waals surface area contributed by atoms with Gasteiger partial charge in [0.1, 0.15) is 5.58 Å². The number of esters is 1. The molecule has 2 amide bonds. The molecule has 0 spiro atoms. The molecule has 4 rings (SSSR count). The van der Waals surface area contributed by atoms with Gasteiger partial charge in [0.25, 0.3) is 11.8 Å². The van der Waals surface area contributed by atoms with Crippen LogP contribution in [0.5, 0.6) is 0 Å². The van der Waals surface area contributed by atoms with Crippen LogP contribution in [0, 0.1) is 0 Å². The van der Waals surface area contributed by atoms with Gasteiger partial charge in [0.15, 0.2) is 6.61 Å². The molecule has 0 saturated heterocycles. The van der Waals surface area contributed by atoms with Crippen LogP contribution >= 0.6 is 0 Å². The number of carbonyl (C=O) groups is 3. The molecule has 33 heavy (non-hydrogen) atoms. The Morgan fingerprint density at radius 2 is 1.76 bits per heavy atom. The van der Waals surface area contributed by atoms with Crippen LogP contribution in [0.25, 0.3) is 11.0 Å². The van der Waals surface area contributed by atoms with Crippen molar-refractivity contribution in [1.29, 1.82) is 0 Å². The van der Waals surface area contributed by atoms with Crippen LogP contribution in [0.2, 0.25) is 0 Å². The lowest BCUT2D eigenvalue weighted by molar-refractivity contribution is -0.119. The molecule has 2 N–H and O–H groups in total. The minimum absolute atomic E-state index is 0.00203. The highest BCUT2D eigenvalue weighted by Gasteiger charge is 2.23. The number of amides is 2. The van der Waals surface area contributed by atoms with Gasteiger partial charge in [-0.3, -0.25) is 9.59 Å². The lowest BCUT2D eigenvalue weighted by Crippen LogP contribution is -2.33. The van der Waals surface area contributed by atoms with Crippen LogP contribution in [-0.4, -0.2) is 37.5 Å². The van der Waals surface area contributed by atoms with Crippen molar-refractivity contribution in [1.82, 2.24) is 5.32 Å². The molecule has 1 fully saturated rings. The Kier molecular flexibility index (Phi) is 7.04. The molecule has 8 heteroatoms. The average molecular weight is 450 g/mol. The topological polar surface area (TPSA) is 107 Å². The number of nitrogens with one attached hydrogen (secondary N) is 2. The maximum absolute atomic E-state index is 12.7. The zero-order chi connectivity index (χ0) is 23.2. The summed E-state index contributed by atoms with van der Waals surface area (Å²) in [6.07, 6.45) is 4.13. The van der Waals surface area contributed by atoms with E-state index in [9.17, 15) is 14.4 Å². The number of anilines is 1. The van der Waals surface area contributed by atoms with Gasteiger partial charge in [-0.25, -0.2) is 4.79 Å². The highest BCUT2D eigenvalue weighted by Crippen LogP contribution is 2.27. The molecule has 1 heterocycles. The summed E-state index contributed by atoms with van der Waals surface area (Å²) in [5.41, 5.74) is 1.82. The Morgan fingerprint density at radius 3 is 2.55 bits per heavy atom. The number of methoxy groups -OCH3 is 1. The van der Waals surface area contributed by atoms with Crippen LogP contribution in [0.4, 0.5) is 5.69 Å². The van der Waals surface area contributed by atoms with Gasteiger partial charge in [0.2, 0.25) is 5.76 Å². The van der Waals surface area contributed by atoms with Gasteiger partial charge in [-0.2, -0.15) is 0 Å². The Morgan fingerprint density at radius 1 is 1.03 bits per heavy atom. The molecule has 0 atom stereocenters. The molecule has 1 aromatic heterocycles. The van der Waals surface area contributed by atoms with Gasteiger partial charge >= 0.3 is 5.97 Å². The molecule has 0 radical (unpaired) electrons. The Hall–Kier alpha value is -3.65. The van der Waals surface area contributed by atoms with Crippen molar-refractivity contribution in [2.24, 2.45) is 0 Å². The minimum Gasteiger partial charge on any atom is -0.450 e. The predicted molar refractivity (Wildman–Crippen MR) is 122 cm³/mol. The third-order valence-corrected chi connectivity index (χ3v) is 5.64. The number of hydrogen-bond donors (Lipinski definition) is 2. The quantitative estimate of drug-likeness (QED) is 0.502. The van der Waals surface area contributed by atoms with Gasteiger partial charge in [-0.1, -0.05) is 43.2 Å². The van der Waals surface area contributed by atoms with E-state index in [4.69, 9.17) is 13.9 Å². The summed E-state index contributed by atoms with van der Waals surface area (Å²) in [7, 11) is 1.52. The van der Waals surface area contributed by atoms with Crippen molar-refractivity contribution in [3.8, 4) is 0 Å². The second-order valence-electron chi connectivity index (χ2n) is 7.96. The van der Waals surface area contributed by atoms with Gasteiger partial charge in [-0.05, 0) is 31.0 Å². The average Bonchev–Trinajstić information content (AvgIpc) is 3.46. The number of rotatable bonds is 8. The first-order chi connectivity index (χ1) is 16.1. The van der Waals surface area contributed by atoms with Crippen molar-refractivity contribution >= 4 is 34.4 Å². The molecule has 172 valence electrons. The van der Waals surface area contributed by atoms with Crippen molar-refractivity contribution in [3.63, 3.8) is 0 Å². The molecule has 1 aliphatic rings. The second kappa shape index (κ2) is 10.3. The van der Waals surface area contributed by atoms with Gasteiger partial charge < -0.3 is 24.5 Å². The summed E-state index contributed by atoms with van der Waals surface area (Å²) >= 11 is 0. The molecule has 2 aromatic carbocycles. The van der Waals surface area contributed by atoms with Crippen LogP contribution in [0.3, 0.4) is 0 Å². The number of furan rings is 1. The maximum atomic E-state index is 12.7. The SMILES string of the molecule is COCc1c(C(=O)OCC(=O)Nc2ccccc2C(=O)NC2CCCC2)oc2ccccc12. The molecule has 1 saturated carbocycles. The van der Waals surface area contributed by atoms with E-state index < -0.39 is 18.5 Å². The van der Waals surface area contributed by atoms with Gasteiger partial charge in [0.05, 0.1) is 17.9 Å². The van der Waals surface area contributed by atoms with Crippen LogP contribution < -0.4 is 10.6 Å². The van der Waals surface area contributed by atoms with Crippen LogP contribution in [-0.2, 0) is 20.9 Å². The fourth-order valence-electron chi connectivity index (χ4n) is 4.06. The summed E-state index contributed by atoms with van der Waals surface area (Å²) < 4.78 is 16.0. The van der Waals surface area contributed by atoms with E-state index in [1.54, 1.807) is 36.4 Å². The smallest absolute Gasteiger partial charge is 0.375 e. The standard InChI is InChI=1S/C25H26N2O6/c1-31-14-19-17-10-5-7-13-21(17)33-23(19)25(30)32-15-22(28)27-20-12-6-4-11-18(20)24(29)26-16-8-2-3-9-16/h4-7,10-13,16H,2-3,8-9,14-15H2,1H3,(H,26,29)(H,27,28). The summed E-state index contributed by atoms with van der Waals surface area (Å²) in [5.74, 6) is -1.56. The second-order valence-corrected chi connectivity index (χ2v) is 7.96. The number of ether oxygens (including phenoxy) is 2. The van der Waals surface area contributed by atoms with Crippen LogP contribution in [0.15, 0.2) is 52.9 Å². The monoisotopic (exact) mass is 450 g/mol. The summed E-state index contributed by atoms with van der Waals surface area (Å²) in [6, 6.07) is 14.1. The molecule has 1 aliphatic carbocycles. The van der Waals surface area contributed by atoms with Gasteiger partial charge in [0, 0.05) is 24.1 Å². The molecule has 0 aliphatic heterocycles. The predicted octanol–water partition coefficient (Wildman–Crippen LogP) is 4.05. The molecule has 8 nitrogen and oxygen atoms in total. The fraction of sp³-hybridized carbons (Fsp3) is 0.320. The first-order valence-electron chi connectivity index (χ1n) is 10.9. The Balaban J connectivity index is 1.40. The van der Waals surface area contributed by atoms with E-state index in [0.717, 1.165) is 31.1 Å². The zero-order valence-electron chi connectivity index (χ0n) is 18.4. The first kappa shape index (κ1) is 22.5. The van der Waals surface area contributed by atoms with Crippen molar-refractivity contribution in [2.75, 3.05) is 19.0 Å². The molecule has 0 bridgehead atoms. The van der Waals surface area contributed by atoms with E-state index >= 15 is 0 Å². The molecular weight excluding hydrogens is 424 g/mol. The number of carbonyl (C=O) groups excluding carboxylic acids is 3. The van der Waals surface area contributed by atoms with E-state index in [2.05, 4.69) is 10.6 Å². The third-order valence-electron chi connectivity index (χ3n) is 5.64. The minimum atomic E-state index is -0.763. The molecule has 0 unspecified atom stereocenters. The summed E-state index contributed by atoms with van der Waals surface area (Å²) in [4.78, 5) is 37.8. The van der Waals surface area contributed by atoms with Crippen molar-refractivity contribution in [3.05, 3.63) is 65.4 Å². The summed E-state index contributed by atoms with van der Waals surface area (Å²) in [5, 5.41) is 6.42. The normalized spacial score (nSPS) is 13.7.